The summed E-state index contributed by atoms with van der Waals surface area (Å²) in [5.74, 6) is 0. The molecule has 24 heavy (non-hydrogen) atoms. The highest BCUT2D eigenvalue weighted by atomic mass is 16.3. The molecule has 1 unspecified atom stereocenters. The van der Waals surface area contributed by atoms with E-state index in [2.05, 4.69) is 78.7 Å². The average Bonchev–Trinajstić information content (AvgIpc) is 2.64. The molecular formula is C21H26N2O. The molecule has 3 aromatic rings. The van der Waals surface area contributed by atoms with Crippen LogP contribution in [-0.4, -0.2) is 42.3 Å². The van der Waals surface area contributed by atoms with Gasteiger partial charge < -0.3 is 15.3 Å². The van der Waals surface area contributed by atoms with Crippen molar-refractivity contribution in [2.45, 2.75) is 20.0 Å². The van der Waals surface area contributed by atoms with Gasteiger partial charge in [-0.3, -0.25) is 0 Å². The molecule has 0 aromatic heterocycles. The van der Waals surface area contributed by atoms with Crippen LogP contribution in [0.5, 0.6) is 0 Å². The molecule has 0 saturated heterocycles. The molecule has 0 aliphatic carbocycles. The summed E-state index contributed by atoms with van der Waals surface area (Å²) in [5, 5.41) is 18.7. The van der Waals surface area contributed by atoms with Crippen LogP contribution in [0.4, 0.5) is 5.69 Å². The van der Waals surface area contributed by atoms with Gasteiger partial charge in [0.1, 0.15) is 0 Å². The lowest BCUT2D eigenvalue weighted by Gasteiger charge is -2.22. The van der Waals surface area contributed by atoms with E-state index >= 15 is 0 Å². The number of aliphatic hydroxyl groups is 1. The average molecular weight is 322 g/mol. The summed E-state index contributed by atoms with van der Waals surface area (Å²) >= 11 is 0. The molecule has 0 heterocycles. The molecule has 3 heteroatoms. The van der Waals surface area contributed by atoms with Crippen molar-refractivity contribution in [1.82, 2.24) is 4.90 Å². The molecule has 0 spiro atoms. The van der Waals surface area contributed by atoms with Gasteiger partial charge in [-0.05, 0) is 35.3 Å². The molecule has 3 aromatic carbocycles. The van der Waals surface area contributed by atoms with Crippen molar-refractivity contribution in [3.05, 3.63) is 54.6 Å². The van der Waals surface area contributed by atoms with Gasteiger partial charge in [0.2, 0.25) is 0 Å². The lowest BCUT2D eigenvalue weighted by Crippen LogP contribution is -2.35. The number of benzene rings is 3. The summed E-state index contributed by atoms with van der Waals surface area (Å²) in [6.45, 7) is 7.43. The van der Waals surface area contributed by atoms with Crippen molar-refractivity contribution in [3.8, 4) is 0 Å². The van der Waals surface area contributed by atoms with E-state index < -0.39 is 0 Å². The Bertz CT molecular complexity index is 811. The van der Waals surface area contributed by atoms with Gasteiger partial charge in [0.05, 0.1) is 6.10 Å². The normalized spacial score (nSPS) is 12.8. The Morgan fingerprint density at radius 3 is 2.25 bits per heavy atom. The van der Waals surface area contributed by atoms with Crippen LogP contribution < -0.4 is 5.32 Å². The number of hydrogen-bond donors (Lipinski definition) is 2. The summed E-state index contributed by atoms with van der Waals surface area (Å²) in [5.41, 5.74) is 1.09. The number of rotatable bonds is 7. The number of aliphatic hydroxyl groups excluding tert-OH is 1. The SMILES string of the molecule is CCN(CC)CC(O)CNc1cc2ccccc2c2ccccc12. The standard InChI is InChI=1S/C21H26N2O/c1-3-23(4-2)15-17(24)14-22-21-13-16-9-5-6-10-18(16)19-11-7-8-12-20(19)21/h5-13,17,22,24H,3-4,14-15H2,1-2H3. The van der Waals surface area contributed by atoms with Crippen molar-refractivity contribution in [2.24, 2.45) is 0 Å². The third kappa shape index (κ3) is 3.53. The maximum absolute atomic E-state index is 10.3. The van der Waals surface area contributed by atoms with Gasteiger partial charge >= 0.3 is 0 Å². The van der Waals surface area contributed by atoms with Crippen molar-refractivity contribution in [2.75, 3.05) is 31.5 Å². The molecule has 0 amide bonds. The number of nitrogens with zero attached hydrogens (tertiary/aromatic N) is 1. The molecule has 1 atom stereocenters. The van der Waals surface area contributed by atoms with Gasteiger partial charge in [-0.25, -0.2) is 0 Å². The topological polar surface area (TPSA) is 35.5 Å². The number of hydrogen-bond acceptors (Lipinski definition) is 3. The number of fused-ring (bicyclic) bond motifs is 3. The van der Waals surface area contributed by atoms with E-state index in [1.165, 1.54) is 21.5 Å². The molecule has 0 radical (unpaired) electrons. The lowest BCUT2D eigenvalue weighted by atomic mass is 10.0. The number of likely N-dealkylation sites (N-methyl/N-ethyl adjacent to an activating group) is 1. The highest BCUT2D eigenvalue weighted by Crippen LogP contribution is 2.31. The second-order valence-corrected chi connectivity index (χ2v) is 6.21. The Kier molecular flexibility index (Phi) is 5.34. The fourth-order valence-corrected chi connectivity index (χ4v) is 3.27. The van der Waals surface area contributed by atoms with Crippen molar-refractivity contribution in [3.63, 3.8) is 0 Å². The highest BCUT2D eigenvalue weighted by molar-refractivity contribution is 6.12. The van der Waals surface area contributed by atoms with E-state index in [-0.39, 0.29) is 6.10 Å². The summed E-state index contributed by atoms with van der Waals surface area (Å²) in [6, 6.07) is 19.1. The largest absolute Gasteiger partial charge is 0.390 e. The third-order valence-electron chi connectivity index (χ3n) is 4.66. The van der Waals surface area contributed by atoms with E-state index in [1.54, 1.807) is 0 Å². The zero-order chi connectivity index (χ0) is 16.9. The van der Waals surface area contributed by atoms with E-state index in [4.69, 9.17) is 0 Å². The lowest BCUT2D eigenvalue weighted by molar-refractivity contribution is 0.128. The predicted molar refractivity (Wildman–Crippen MR) is 104 cm³/mol. The fourth-order valence-electron chi connectivity index (χ4n) is 3.27. The van der Waals surface area contributed by atoms with Gasteiger partial charge in [-0.15, -0.1) is 0 Å². The zero-order valence-corrected chi connectivity index (χ0v) is 14.5. The Morgan fingerprint density at radius 1 is 0.917 bits per heavy atom. The molecule has 0 aliphatic rings. The Balaban J connectivity index is 1.86. The van der Waals surface area contributed by atoms with Crippen LogP contribution >= 0.6 is 0 Å². The highest BCUT2D eigenvalue weighted by Gasteiger charge is 2.11. The van der Waals surface area contributed by atoms with Gasteiger partial charge in [-0.2, -0.15) is 0 Å². The summed E-state index contributed by atoms with van der Waals surface area (Å²) in [4.78, 5) is 2.24. The van der Waals surface area contributed by atoms with E-state index in [9.17, 15) is 5.11 Å². The van der Waals surface area contributed by atoms with Gasteiger partial charge in [-0.1, -0.05) is 62.4 Å². The Labute approximate surface area is 143 Å². The molecular weight excluding hydrogens is 296 g/mol. The monoisotopic (exact) mass is 322 g/mol. The molecule has 2 N–H and O–H groups in total. The number of anilines is 1. The van der Waals surface area contributed by atoms with Crippen LogP contribution in [0.2, 0.25) is 0 Å². The van der Waals surface area contributed by atoms with Crippen molar-refractivity contribution in [1.29, 1.82) is 0 Å². The maximum atomic E-state index is 10.3. The first kappa shape index (κ1) is 16.7. The van der Waals surface area contributed by atoms with Crippen LogP contribution in [0.15, 0.2) is 54.6 Å². The zero-order valence-electron chi connectivity index (χ0n) is 14.5. The smallest absolute Gasteiger partial charge is 0.0839 e. The van der Waals surface area contributed by atoms with Crippen LogP contribution in [0, 0.1) is 0 Å². The van der Waals surface area contributed by atoms with Crippen LogP contribution in [0.1, 0.15) is 13.8 Å². The maximum Gasteiger partial charge on any atom is 0.0839 e. The van der Waals surface area contributed by atoms with Gasteiger partial charge in [0.25, 0.3) is 0 Å². The molecule has 0 bridgehead atoms. The molecule has 126 valence electrons. The van der Waals surface area contributed by atoms with Crippen LogP contribution in [0.25, 0.3) is 21.5 Å². The first-order chi connectivity index (χ1) is 11.7. The second-order valence-electron chi connectivity index (χ2n) is 6.21. The molecule has 0 saturated carbocycles. The first-order valence-electron chi connectivity index (χ1n) is 8.77. The minimum Gasteiger partial charge on any atom is -0.390 e. The van der Waals surface area contributed by atoms with Crippen molar-refractivity contribution >= 4 is 27.2 Å². The summed E-state index contributed by atoms with van der Waals surface area (Å²) in [7, 11) is 0. The molecule has 3 rings (SSSR count). The van der Waals surface area contributed by atoms with Gasteiger partial charge in [0, 0.05) is 24.2 Å². The quantitative estimate of drug-likeness (QED) is 0.643. The molecule has 0 aliphatic heterocycles. The van der Waals surface area contributed by atoms with Crippen LogP contribution in [-0.2, 0) is 0 Å². The molecule has 0 fully saturated rings. The number of nitrogens with one attached hydrogen (secondary N) is 1. The fraction of sp³-hybridized carbons (Fsp3) is 0.333. The van der Waals surface area contributed by atoms with Crippen molar-refractivity contribution < 1.29 is 5.11 Å². The minimum absolute atomic E-state index is 0.380. The van der Waals surface area contributed by atoms with E-state index in [0.29, 0.717) is 13.1 Å². The molecule has 3 nitrogen and oxygen atoms in total. The van der Waals surface area contributed by atoms with E-state index in [0.717, 1.165) is 18.8 Å². The van der Waals surface area contributed by atoms with Crippen LogP contribution in [0.3, 0.4) is 0 Å². The summed E-state index contributed by atoms with van der Waals surface area (Å²) < 4.78 is 0. The minimum atomic E-state index is -0.380. The van der Waals surface area contributed by atoms with E-state index in [1.807, 2.05) is 0 Å². The Morgan fingerprint density at radius 2 is 1.54 bits per heavy atom. The van der Waals surface area contributed by atoms with Gasteiger partial charge in [0.15, 0.2) is 0 Å². The Hall–Kier alpha value is -2.10. The second kappa shape index (κ2) is 7.65. The predicted octanol–water partition coefficient (Wildman–Crippen LogP) is 4.11. The summed E-state index contributed by atoms with van der Waals surface area (Å²) in [6.07, 6.45) is -0.380. The third-order valence-corrected chi connectivity index (χ3v) is 4.66. The first-order valence-corrected chi connectivity index (χ1v) is 8.77.